The Kier molecular flexibility index (Phi) is 4.80. The molecule has 3 rings (SSSR count). The second-order valence-electron chi connectivity index (χ2n) is 6.37. The van der Waals surface area contributed by atoms with Crippen molar-refractivity contribution in [3.05, 3.63) is 29.8 Å². The predicted octanol–water partition coefficient (Wildman–Crippen LogP) is 0.425. The Hall–Kier alpha value is -2.41. The van der Waals surface area contributed by atoms with E-state index >= 15 is 0 Å². The molecule has 1 fully saturated rings. The van der Waals surface area contributed by atoms with E-state index in [1.54, 1.807) is 0 Å². The van der Waals surface area contributed by atoms with Crippen molar-refractivity contribution >= 4 is 23.5 Å². The van der Waals surface area contributed by atoms with Crippen LogP contribution in [-0.4, -0.2) is 66.8 Å². The number of hydrogen-bond acceptors (Lipinski definition) is 5. The van der Waals surface area contributed by atoms with Crippen LogP contribution in [0.25, 0.3) is 0 Å². The second-order valence-corrected chi connectivity index (χ2v) is 6.37. The number of likely N-dealkylation sites (N-methyl/N-ethyl adjacent to an activating group) is 1. The number of piperazine rings is 1. The van der Waals surface area contributed by atoms with Crippen LogP contribution in [0.3, 0.4) is 0 Å². The number of amides is 2. The third kappa shape index (κ3) is 3.91. The van der Waals surface area contributed by atoms with E-state index in [0.717, 1.165) is 37.4 Å². The highest BCUT2D eigenvalue weighted by Crippen LogP contribution is 2.13. The van der Waals surface area contributed by atoms with E-state index in [1.165, 1.54) is 0 Å². The van der Waals surface area contributed by atoms with E-state index in [2.05, 4.69) is 32.5 Å². The van der Waals surface area contributed by atoms with Crippen molar-refractivity contribution in [1.82, 2.24) is 15.1 Å². The fourth-order valence-corrected chi connectivity index (χ4v) is 2.77. The first-order chi connectivity index (χ1) is 11.5. The summed E-state index contributed by atoms with van der Waals surface area (Å²) >= 11 is 0. The third-order valence-corrected chi connectivity index (χ3v) is 4.33. The van der Waals surface area contributed by atoms with Crippen LogP contribution in [0.15, 0.2) is 29.3 Å². The van der Waals surface area contributed by atoms with Gasteiger partial charge in [0.2, 0.25) is 11.9 Å². The van der Waals surface area contributed by atoms with Crippen LogP contribution in [0, 0.1) is 6.92 Å². The summed E-state index contributed by atoms with van der Waals surface area (Å²) in [6.45, 7) is 5.53. The van der Waals surface area contributed by atoms with Crippen LogP contribution < -0.4 is 10.6 Å². The molecule has 24 heavy (non-hydrogen) atoms. The number of nitrogens with zero attached hydrogens (tertiary/aromatic N) is 3. The molecule has 2 amide bonds. The molecule has 1 atom stereocenters. The average molecular weight is 329 g/mol. The largest absolute Gasteiger partial charge is 0.340 e. The zero-order chi connectivity index (χ0) is 17.1. The van der Waals surface area contributed by atoms with Crippen LogP contribution in [-0.2, 0) is 9.59 Å². The fraction of sp³-hybridized carbons (Fsp3) is 0.471. The van der Waals surface area contributed by atoms with Crippen molar-refractivity contribution in [2.45, 2.75) is 19.4 Å². The number of guanidine groups is 1. The Morgan fingerprint density at radius 3 is 2.58 bits per heavy atom. The van der Waals surface area contributed by atoms with Crippen molar-refractivity contribution in [3.63, 3.8) is 0 Å². The summed E-state index contributed by atoms with van der Waals surface area (Å²) in [5.74, 6) is 0.187. The van der Waals surface area contributed by atoms with Gasteiger partial charge >= 0.3 is 0 Å². The minimum atomic E-state index is -0.648. The summed E-state index contributed by atoms with van der Waals surface area (Å²) in [6, 6.07) is 6.91. The number of carbonyl (C=O) groups excluding carboxylic acids is 2. The van der Waals surface area contributed by atoms with Crippen LogP contribution in [0.5, 0.6) is 0 Å². The molecule has 0 unspecified atom stereocenters. The Morgan fingerprint density at radius 1 is 1.25 bits per heavy atom. The Morgan fingerprint density at radius 2 is 1.92 bits per heavy atom. The molecule has 0 saturated carbocycles. The topological polar surface area (TPSA) is 77.0 Å². The molecular formula is C17H23N5O2. The molecule has 0 aromatic heterocycles. The van der Waals surface area contributed by atoms with E-state index in [4.69, 9.17) is 0 Å². The van der Waals surface area contributed by atoms with Gasteiger partial charge in [0.15, 0.2) is 0 Å². The summed E-state index contributed by atoms with van der Waals surface area (Å²) in [5, 5.41) is 5.61. The van der Waals surface area contributed by atoms with Gasteiger partial charge in [-0.1, -0.05) is 17.7 Å². The van der Waals surface area contributed by atoms with Crippen LogP contribution in [0.1, 0.15) is 12.0 Å². The smallest absolute Gasteiger partial charge is 0.252 e. The van der Waals surface area contributed by atoms with Crippen molar-refractivity contribution in [2.75, 3.05) is 38.5 Å². The number of aliphatic imine (C=N–C) groups is 1. The predicted molar refractivity (Wildman–Crippen MR) is 92.9 cm³/mol. The molecular weight excluding hydrogens is 306 g/mol. The standard InChI is InChI=1S/C17H23N5O2/c1-12-3-5-13(6-4-12)18-15(23)11-14-16(24)20-17(19-14)22-9-7-21(2)8-10-22/h3-6,14H,7-11H2,1-2H3,(H,18,23)(H,19,20,24)/t14-/m0/s1. The van der Waals surface area contributed by atoms with Gasteiger partial charge in [-0.05, 0) is 26.1 Å². The highest BCUT2D eigenvalue weighted by Gasteiger charge is 2.31. The number of aryl methyl sites for hydroxylation is 1. The van der Waals surface area contributed by atoms with Crippen molar-refractivity contribution < 1.29 is 9.59 Å². The molecule has 2 N–H and O–H groups in total. The van der Waals surface area contributed by atoms with E-state index < -0.39 is 6.04 Å². The quantitative estimate of drug-likeness (QED) is 0.843. The number of nitrogens with one attached hydrogen (secondary N) is 2. The molecule has 1 aromatic carbocycles. The summed E-state index contributed by atoms with van der Waals surface area (Å²) in [4.78, 5) is 32.9. The zero-order valence-corrected chi connectivity index (χ0v) is 14.1. The van der Waals surface area contributed by atoms with Gasteiger partial charge in [-0.15, -0.1) is 0 Å². The second kappa shape index (κ2) is 7.00. The summed E-state index contributed by atoms with van der Waals surface area (Å²) in [7, 11) is 2.07. The molecule has 0 aliphatic carbocycles. The number of hydrogen-bond donors (Lipinski definition) is 2. The average Bonchev–Trinajstić information content (AvgIpc) is 2.91. The summed E-state index contributed by atoms with van der Waals surface area (Å²) < 4.78 is 0. The van der Waals surface area contributed by atoms with Gasteiger partial charge in [0, 0.05) is 31.9 Å². The fourth-order valence-electron chi connectivity index (χ4n) is 2.77. The molecule has 7 heteroatoms. The first-order valence-corrected chi connectivity index (χ1v) is 8.20. The van der Waals surface area contributed by atoms with Gasteiger partial charge in [-0.25, -0.2) is 4.99 Å². The lowest BCUT2D eigenvalue weighted by atomic mass is 10.2. The van der Waals surface area contributed by atoms with Gasteiger partial charge in [0.05, 0.1) is 6.42 Å². The lowest BCUT2D eigenvalue weighted by Crippen LogP contribution is -2.50. The van der Waals surface area contributed by atoms with E-state index in [1.807, 2.05) is 31.2 Å². The molecule has 0 bridgehead atoms. The molecule has 128 valence electrons. The van der Waals surface area contributed by atoms with E-state index in [9.17, 15) is 9.59 Å². The van der Waals surface area contributed by atoms with Crippen LogP contribution >= 0.6 is 0 Å². The Labute approximate surface area is 141 Å². The molecule has 0 radical (unpaired) electrons. The summed E-state index contributed by atoms with van der Waals surface area (Å²) in [6.07, 6.45) is 0.0525. The molecule has 0 spiro atoms. The minimum Gasteiger partial charge on any atom is -0.340 e. The number of benzene rings is 1. The van der Waals surface area contributed by atoms with Crippen molar-refractivity contribution in [3.8, 4) is 0 Å². The highest BCUT2D eigenvalue weighted by atomic mass is 16.2. The molecule has 2 aliphatic rings. The highest BCUT2D eigenvalue weighted by molar-refractivity contribution is 6.07. The molecule has 1 aromatic rings. The molecule has 7 nitrogen and oxygen atoms in total. The first kappa shape index (κ1) is 16.4. The van der Waals surface area contributed by atoms with Gasteiger partial charge < -0.3 is 15.1 Å². The monoisotopic (exact) mass is 329 g/mol. The lowest BCUT2D eigenvalue weighted by Gasteiger charge is -2.33. The first-order valence-electron chi connectivity index (χ1n) is 8.20. The van der Waals surface area contributed by atoms with Gasteiger partial charge in [-0.2, -0.15) is 0 Å². The normalized spacial score (nSPS) is 21.4. The maximum atomic E-state index is 12.1. The van der Waals surface area contributed by atoms with Gasteiger partial charge in [-0.3, -0.25) is 14.9 Å². The maximum absolute atomic E-state index is 12.1. The lowest BCUT2D eigenvalue weighted by molar-refractivity contribution is -0.124. The van der Waals surface area contributed by atoms with Gasteiger partial charge in [0.1, 0.15) is 6.04 Å². The Balaban J connectivity index is 1.57. The molecule has 2 heterocycles. The van der Waals surface area contributed by atoms with Crippen molar-refractivity contribution in [2.24, 2.45) is 4.99 Å². The van der Waals surface area contributed by atoms with Crippen molar-refractivity contribution in [1.29, 1.82) is 0 Å². The molecule has 1 saturated heterocycles. The molecule has 2 aliphatic heterocycles. The number of carbonyl (C=O) groups is 2. The van der Waals surface area contributed by atoms with E-state index in [-0.39, 0.29) is 18.2 Å². The van der Waals surface area contributed by atoms with Crippen LogP contribution in [0.4, 0.5) is 5.69 Å². The SMILES string of the molecule is Cc1ccc(NC(=O)C[C@@H]2N=C(N3CCN(C)CC3)NC2=O)cc1. The maximum Gasteiger partial charge on any atom is 0.252 e. The van der Waals surface area contributed by atoms with E-state index in [0.29, 0.717) is 5.96 Å². The minimum absolute atomic E-state index is 0.0525. The zero-order valence-electron chi connectivity index (χ0n) is 14.1. The van der Waals surface area contributed by atoms with Crippen LogP contribution in [0.2, 0.25) is 0 Å². The number of anilines is 1. The summed E-state index contributed by atoms with van der Waals surface area (Å²) in [5.41, 5.74) is 1.86. The van der Waals surface area contributed by atoms with Gasteiger partial charge in [0.25, 0.3) is 5.91 Å². The Bertz CT molecular complexity index is 647. The number of rotatable bonds is 3. The third-order valence-electron chi connectivity index (χ3n) is 4.33.